The molecule has 0 saturated heterocycles. The Morgan fingerprint density at radius 2 is 1.78 bits per heavy atom. The first kappa shape index (κ1) is 16.7. The molecule has 130 valence electrons. The summed E-state index contributed by atoms with van der Waals surface area (Å²) >= 11 is 0. The van der Waals surface area contributed by atoms with Crippen LogP contribution in [0.2, 0.25) is 0 Å². The zero-order valence-corrected chi connectivity index (χ0v) is 13.8. The summed E-state index contributed by atoms with van der Waals surface area (Å²) < 4.78 is 23.2. The van der Waals surface area contributed by atoms with Gasteiger partial charge in [-0.25, -0.2) is 14.0 Å². The number of esters is 2. The Kier molecular flexibility index (Phi) is 3.94. The molecule has 2 unspecified atom stereocenters. The normalized spacial score (nSPS) is 38.4. The monoisotopic (exact) mass is 328 g/mol. The largest absolute Gasteiger partial charge is 0.463 e. The summed E-state index contributed by atoms with van der Waals surface area (Å²) in [4.78, 5) is 23.1. The molecular weight excluding hydrogens is 303 g/mol. The summed E-state index contributed by atoms with van der Waals surface area (Å²) in [6.07, 6.45) is 5.54. The van der Waals surface area contributed by atoms with Gasteiger partial charge in [-0.15, -0.1) is 0 Å². The summed E-state index contributed by atoms with van der Waals surface area (Å²) in [5.41, 5.74) is -2.86. The van der Waals surface area contributed by atoms with E-state index in [0.717, 1.165) is 39.5 Å². The number of halogens is 1. The lowest BCUT2D eigenvalue weighted by molar-refractivity contribution is -0.189. The topological polar surface area (TPSA) is 72.8 Å². The molecule has 0 spiro atoms. The average molecular weight is 328 g/mol. The van der Waals surface area contributed by atoms with Crippen LogP contribution >= 0.6 is 0 Å². The summed E-state index contributed by atoms with van der Waals surface area (Å²) in [6, 6.07) is 0. The van der Waals surface area contributed by atoms with Gasteiger partial charge in [0.2, 0.25) is 5.67 Å². The Bertz CT molecular complexity index is 496. The highest BCUT2D eigenvalue weighted by Crippen LogP contribution is 2.61. The van der Waals surface area contributed by atoms with Crippen molar-refractivity contribution in [2.45, 2.75) is 63.6 Å². The van der Waals surface area contributed by atoms with Crippen molar-refractivity contribution in [1.82, 2.24) is 0 Å². The van der Waals surface area contributed by atoms with Crippen molar-refractivity contribution in [3.05, 3.63) is 0 Å². The van der Waals surface area contributed by atoms with Crippen LogP contribution in [0, 0.1) is 17.3 Å². The Labute approximate surface area is 135 Å². The van der Waals surface area contributed by atoms with Crippen LogP contribution in [0.1, 0.15) is 52.4 Å². The number of ether oxygens (including phenoxy) is 2. The van der Waals surface area contributed by atoms with Crippen molar-refractivity contribution in [3.63, 3.8) is 0 Å². The zero-order valence-electron chi connectivity index (χ0n) is 13.8. The van der Waals surface area contributed by atoms with Crippen LogP contribution in [0.15, 0.2) is 0 Å². The fourth-order valence-electron chi connectivity index (χ4n) is 5.14. The lowest BCUT2D eigenvalue weighted by Gasteiger charge is -2.59. The van der Waals surface area contributed by atoms with Gasteiger partial charge in [-0.05, 0) is 64.2 Å². The zero-order chi connectivity index (χ0) is 16.9. The third-order valence-electron chi connectivity index (χ3n) is 5.50. The van der Waals surface area contributed by atoms with E-state index < -0.39 is 29.8 Å². The van der Waals surface area contributed by atoms with Gasteiger partial charge < -0.3 is 14.6 Å². The van der Waals surface area contributed by atoms with Crippen molar-refractivity contribution in [1.29, 1.82) is 0 Å². The van der Waals surface area contributed by atoms with Gasteiger partial charge in [0, 0.05) is 5.41 Å². The van der Waals surface area contributed by atoms with E-state index in [9.17, 15) is 19.1 Å². The predicted octanol–water partition coefficient (Wildman–Crippen LogP) is 2.15. The number of hydrogen-bond acceptors (Lipinski definition) is 5. The lowest BCUT2D eigenvalue weighted by atomic mass is 9.48. The van der Waals surface area contributed by atoms with Crippen LogP contribution in [0.5, 0.6) is 0 Å². The van der Waals surface area contributed by atoms with Crippen LogP contribution in [0.3, 0.4) is 0 Å². The molecule has 1 N–H and O–H groups in total. The molecular formula is C17H25FO5. The summed E-state index contributed by atoms with van der Waals surface area (Å²) in [6.45, 7) is 1.84. The molecule has 4 saturated carbocycles. The summed E-state index contributed by atoms with van der Waals surface area (Å²) in [5.74, 6) is -0.695. The molecule has 0 aliphatic heterocycles. The molecule has 0 aromatic rings. The molecule has 0 amide bonds. The second-order valence-electron chi connectivity index (χ2n) is 8.39. The van der Waals surface area contributed by atoms with Crippen LogP contribution < -0.4 is 0 Å². The molecule has 4 bridgehead atoms. The molecule has 4 fully saturated rings. The lowest BCUT2D eigenvalue weighted by Crippen LogP contribution is -2.57. The SMILES string of the molecule is CC(C)(F)C(=O)OCC(=O)OCC12CC3CC(CC(O)(C3)C1)C2. The fraction of sp³-hybridized carbons (Fsp3) is 0.882. The van der Waals surface area contributed by atoms with Gasteiger partial charge in [0.1, 0.15) is 0 Å². The quantitative estimate of drug-likeness (QED) is 0.783. The maximum absolute atomic E-state index is 13.3. The Morgan fingerprint density at radius 1 is 1.17 bits per heavy atom. The van der Waals surface area contributed by atoms with E-state index in [1.807, 2.05) is 0 Å². The first-order chi connectivity index (χ1) is 10.6. The summed E-state index contributed by atoms with van der Waals surface area (Å²) in [7, 11) is 0. The maximum Gasteiger partial charge on any atom is 0.344 e. The van der Waals surface area contributed by atoms with Gasteiger partial charge in [0.25, 0.3) is 0 Å². The second kappa shape index (κ2) is 5.43. The number of carbonyl (C=O) groups is 2. The number of alkyl halides is 1. The molecule has 0 heterocycles. The third kappa shape index (κ3) is 3.52. The van der Waals surface area contributed by atoms with E-state index in [0.29, 0.717) is 18.3 Å². The van der Waals surface area contributed by atoms with E-state index in [4.69, 9.17) is 4.74 Å². The van der Waals surface area contributed by atoms with Crippen molar-refractivity contribution in [2.75, 3.05) is 13.2 Å². The van der Waals surface area contributed by atoms with Crippen LogP contribution in [0.25, 0.3) is 0 Å². The molecule has 4 aliphatic carbocycles. The Balaban J connectivity index is 1.51. The third-order valence-corrected chi connectivity index (χ3v) is 5.50. The number of carbonyl (C=O) groups excluding carboxylic acids is 2. The molecule has 4 aliphatic rings. The summed E-state index contributed by atoms with van der Waals surface area (Å²) in [5, 5.41) is 10.6. The molecule has 4 rings (SSSR count). The van der Waals surface area contributed by atoms with Crippen molar-refractivity contribution in [2.24, 2.45) is 17.3 Å². The van der Waals surface area contributed by atoms with Gasteiger partial charge in [-0.3, -0.25) is 0 Å². The minimum atomic E-state index is -2.12. The van der Waals surface area contributed by atoms with E-state index in [2.05, 4.69) is 4.74 Å². The number of hydrogen-bond donors (Lipinski definition) is 1. The highest BCUT2D eigenvalue weighted by molar-refractivity contribution is 5.81. The second-order valence-corrected chi connectivity index (χ2v) is 8.39. The molecule has 23 heavy (non-hydrogen) atoms. The van der Waals surface area contributed by atoms with Crippen LogP contribution in [-0.4, -0.2) is 41.5 Å². The average Bonchev–Trinajstić information content (AvgIpc) is 2.38. The smallest absolute Gasteiger partial charge is 0.344 e. The van der Waals surface area contributed by atoms with Gasteiger partial charge in [-0.1, -0.05) is 0 Å². The van der Waals surface area contributed by atoms with E-state index in [1.165, 1.54) is 6.42 Å². The Hall–Kier alpha value is -1.17. The van der Waals surface area contributed by atoms with Crippen LogP contribution in [-0.2, 0) is 19.1 Å². The fourth-order valence-corrected chi connectivity index (χ4v) is 5.14. The molecule has 0 aromatic carbocycles. The van der Waals surface area contributed by atoms with Crippen LogP contribution in [0.4, 0.5) is 4.39 Å². The van der Waals surface area contributed by atoms with Crippen molar-refractivity contribution >= 4 is 11.9 Å². The first-order valence-corrected chi connectivity index (χ1v) is 8.33. The van der Waals surface area contributed by atoms with Gasteiger partial charge >= 0.3 is 11.9 Å². The van der Waals surface area contributed by atoms with Crippen molar-refractivity contribution < 1.29 is 28.6 Å². The van der Waals surface area contributed by atoms with Gasteiger partial charge in [0.15, 0.2) is 6.61 Å². The molecule has 6 heteroatoms. The molecule has 0 aromatic heterocycles. The Morgan fingerprint density at radius 3 is 2.30 bits per heavy atom. The highest BCUT2D eigenvalue weighted by Gasteiger charge is 2.57. The van der Waals surface area contributed by atoms with E-state index in [1.54, 1.807) is 0 Å². The standard InChI is InChI=1S/C17H25FO5/c1-15(2,18)14(20)22-8-13(19)23-10-16-4-11-3-12(5-16)7-17(21,6-11)9-16/h11-12,21H,3-10H2,1-2H3. The maximum atomic E-state index is 13.3. The minimum absolute atomic E-state index is 0.141. The van der Waals surface area contributed by atoms with Gasteiger partial charge in [0.05, 0.1) is 12.2 Å². The predicted molar refractivity (Wildman–Crippen MR) is 79.2 cm³/mol. The van der Waals surface area contributed by atoms with E-state index in [-0.39, 0.29) is 12.0 Å². The highest BCUT2D eigenvalue weighted by atomic mass is 19.1. The molecule has 5 nitrogen and oxygen atoms in total. The van der Waals surface area contributed by atoms with Crippen molar-refractivity contribution in [3.8, 4) is 0 Å². The first-order valence-electron chi connectivity index (χ1n) is 8.33. The minimum Gasteiger partial charge on any atom is -0.463 e. The molecule has 2 atom stereocenters. The number of rotatable bonds is 5. The number of aliphatic hydroxyl groups is 1. The molecule has 0 radical (unpaired) electrons. The van der Waals surface area contributed by atoms with E-state index >= 15 is 0 Å². The van der Waals surface area contributed by atoms with Gasteiger partial charge in [-0.2, -0.15) is 0 Å².